The molecule has 3 aromatic carbocycles. The minimum Gasteiger partial charge on any atom is -0.504 e. The molecule has 0 saturated heterocycles. The molecule has 0 saturated carbocycles. The van der Waals surface area contributed by atoms with Gasteiger partial charge in [-0.05, 0) is 72.4 Å². The molecule has 0 aliphatic rings. The number of amides is 2. The summed E-state index contributed by atoms with van der Waals surface area (Å²) in [5, 5.41) is 34.9. The van der Waals surface area contributed by atoms with Crippen molar-refractivity contribution in [3.8, 4) is 34.5 Å². The van der Waals surface area contributed by atoms with Crippen LogP contribution in [0.5, 0.6) is 34.5 Å². The number of methoxy groups -OCH3 is 3. The van der Waals surface area contributed by atoms with Crippen LogP contribution in [0.4, 0.5) is 0 Å². The minimum atomic E-state index is -0.756. The van der Waals surface area contributed by atoms with Gasteiger partial charge in [0, 0.05) is 32.4 Å². The predicted octanol–water partition coefficient (Wildman–Crippen LogP) is 2.74. The smallest absolute Gasteiger partial charge is 0.220 e. The van der Waals surface area contributed by atoms with Gasteiger partial charge in [0.15, 0.2) is 40.3 Å². The quantitative estimate of drug-likeness (QED) is 0.0443. The summed E-state index contributed by atoms with van der Waals surface area (Å²) in [6.45, 7) is 9.24. The van der Waals surface area contributed by atoms with Crippen molar-refractivity contribution in [2.45, 2.75) is 50.7 Å². The summed E-state index contributed by atoms with van der Waals surface area (Å²) in [7, 11) is 4.43. The number of carbonyl (C=O) groups is 3. The van der Waals surface area contributed by atoms with Crippen LogP contribution < -0.4 is 30.6 Å². The second kappa shape index (κ2) is 48.7. The molecular weight excluding hydrogens is 1100 g/mol. The van der Waals surface area contributed by atoms with Crippen LogP contribution in [0.3, 0.4) is 0 Å². The van der Waals surface area contributed by atoms with E-state index >= 15 is 0 Å². The summed E-state index contributed by atoms with van der Waals surface area (Å²) < 4.78 is 88.9. The summed E-state index contributed by atoms with van der Waals surface area (Å²) in [6, 6.07) is 14.2. The second-order valence-corrected chi connectivity index (χ2v) is 18.5. The number of nitrogens with one attached hydrogen (secondary N) is 2. The molecular formula is C59H93N3O22. The molecule has 0 bridgehead atoms. The molecule has 2 unspecified atom stereocenters. The molecule has 3 rings (SSSR count). The first-order valence-electron chi connectivity index (χ1n) is 28.5. The average Bonchev–Trinajstić information content (AvgIpc) is 3.70. The molecule has 3 aromatic rings. The van der Waals surface area contributed by atoms with Crippen molar-refractivity contribution in [2.24, 2.45) is 5.73 Å². The van der Waals surface area contributed by atoms with E-state index in [1.807, 2.05) is 0 Å². The number of aryl methyl sites for hydroxylation is 3. The van der Waals surface area contributed by atoms with E-state index in [0.717, 1.165) is 16.7 Å². The molecule has 0 aliphatic carbocycles. The molecule has 0 fully saturated rings. The summed E-state index contributed by atoms with van der Waals surface area (Å²) >= 11 is 0. The van der Waals surface area contributed by atoms with Crippen LogP contribution in [-0.2, 0) is 95.2 Å². The average molecular weight is 1200 g/mol. The topological polar surface area (TPSA) is 310 Å². The third-order valence-corrected chi connectivity index (χ3v) is 12.1. The van der Waals surface area contributed by atoms with Crippen LogP contribution >= 0.6 is 0 Å². The third kappa shape index (κ3) is 36.4. The fourth-order valence-electron chi connectivity index (χ4n) is 7.43. The Hall–Kier alpha value is -5.49. The Labute approximate surface area is 494 Å². The number of phenolic OH excluding ortho intramolecular Hbond substituents is 3. The van der Waals surface area contributed by atoms with Crippen molar-refractivity contribution in [3.63, 3.8) is 0 Å². The van der Waals surface area contributed by atoms with E-state index < -0.39 is 6.04 Å². The maximum absolute atomic E-state index is 12.5. The number of nitrogens with two attached hydrogens (primary N) is 1. The van der Waals surface area contributed by atoms with Crippen LogP contribution in [0.15, 0.2) is 54.6 Å². The largest absolute Gasteiger partial charge is 0.504 e. The lowest BCUT2D eigenvalue weighted by molar-refractivity contribution is -0.122. The highest BCUT2D eigenvalue weighted by molar-refractivity contribution is 5.84. The Balaban J connectivity index is 1.17. The van der Waals surface area contributed by atoms with E-state index in [1.54, 1.807) is 48.5 Å². The summed E-state index contributed by atoms with van der Waals surface area (Å²) in [5.74, 6) is 0.938. The monoisotopic (exact) mass is 1200 g/mol. The predicted molar refractivity (Wildman–Crippen MR) is 308 cm³/mol. The number of hydrogen-bond donors (Lipinski definition) is 6. The van der Waals surface area contributed by atoms with E-state index in [9.17, 15) is 29.7 Å². The lowest BCUT2D eigenvalue weighted by Crippen LogP contribution is -2.35. The Kier molecular flexibility index (Phi) is 42.2. The highest BCUT2D eigenvalue weighted by atomic mass is 16.6. The molecule has 2 amide bonds. The zero-order valence-corrected chi connectivity index (χ0v) is 49.4. The van der Waals surface area contributed by atoms with Gasteiger partial charge in [0.05, 0.1) is 193 Å². The summed E-state index contributed by atoms with van der Waals surface area (Å²) in [4.78, 5) is 36.8. The van der Waals surface area contributed by atoms with E-state index in [2.05, 4.69) is 10.6 Å². The van der Waals surface area contributed by atoms with Gasteiger partial charge in [-0.1, -0.05) is 18.2 Å². The van der Waals surface area contributed by atoms with Crippen molar-refractivity contribution >= 4 is 17.6 Å². The number of aromatic hydroxyl groups is 3. The van der Waals surface area contributed by atoms with Gasteiger partial charge in [-0.25, -0.2) is 0 Å². The van der Waals surface area contributed by atoms with Crippen LogP contribution in [0.25, 0.3) is 0 Å². The zero-order chi connectivity index (χ0) is 60.5. The third-order valence-electron chi connectivity index (χ3n) is 12.1. The minimum absolute atomic E-state index is 0.0368. The van der Waals surface area contributed by atoms with E-state index in [1.165, 1.54) is 27.4 Å². The highest BCUT2D eigenvalue weighted by Gasteiger charge is 2.15. The molecule has 0 aliphatic heterocycles. The number of benzene rings is 3. The normalized spacial score (nSPS) is 12.0. The van der Waals surface area contributed by atoms with Crippen molar-refractivity contribution in [3.05, 3.63) is 71.3 Å². The Morgan fingerprint density at radius 2 is 0.679 bits per heavy atom. The van der Waals surface area contributed by atoms with Gasteiger partial charge in [-0.15, -0.1) is 0 Å². The number of carbonyl (C=O) groups excluding carboxylic acids is 3. The zero-order valence-electron chi connectivity index (χ0n) is 49.4. The fourth-order valence-corrected chi connectivity index (χ4v) is 7.43. The van der Waals surface area contributed by atoms with Crippen LogP contribution in [0, 0.1) is 0 Å². The van der Waals surface area contributed by atoms with Gasteiger partial charge in [0.2, 0.25) is 11.8 Å². The lowest BCUT2D eigenvalue weighted by atomic mass is 10.0. The molecule has 0 radical (unpaired) electrons. The van der Waals surface area contributed by atoms with E-state index in [4.69, 9.17) is 81.5 Å². The molecule has 0 heterocycles. The molecule has 7 N–H and O–H groups in total. The SMILES string of the molecule is COc1cc(CCC(=O)NCCOCCOCCOCCOCCOCC(COCCOCCOCCOCCNC(=O)CCc2ccc(O)c(OC)c2)OCCOCCOCCOCC(N)C(=O)CCc2ccc(O)c(OC)c2)ccc1O. The Morgan fingerprint density at radius 3 is 1.01 bits per heavy atom. The fraction of sp³-hybridized carbons (Fsp3) is 0.644. The van der Waals surface area contributed by atoms with E-state index in [0.29, 0.717) is 201 Å². The van der Waals surface area contributed by atoms with Crippen molar-refractivity contribution in [1.29, 1.82) is 0 Å². The molecule has 476 valence electrons. The van der Waals surface area contributed by atoms with Crippen LogP contribution in [-0.4, -0.2) is 245 Å². The standard InChI is InChI=1S/C59H93N3O22/c1-69-55-40-46(5-11-52(55)64)4-10-51(63)50(60)45-83-37-34-79-30-31-80-38-39-84-49(43-81-35-32-77-28-26-75-23-21-73-19-17-62-59(68)15-9-48-7-13-54(66)57(42-48)71-3)44-82-36-33-78-29-27-76-25-24-74-22-20-72-18-16-61-58(67)14-8-47-6-12-53(65)56(41-47)70-2/h5-7,11-13,40-42,49-50,64-66H,4,8-10,14-39,43-45,60H2,1-3H3,(H,61,67)(H,62,68). The van der Waals surface area contributed by atoms with Gasteiger partial charge in [-0.3, -0.25) is 14.4 Å². The number of ketones is 1. The number of rotatable bonds is 56. The van der Waals surface area contributed by atoms with Gasteiger partial charge in [0.25, 0.3) is 0 Å². The number of phenols is 3. The van der Waals surface area contributed by atoms with Crippen molar-refractivity contribution in [1.82, 2.24) is 10.6 Å². The number of Topliss-reactive ketones (excluding diaryl/α,β-unsaturated/α-hetero) is 1. The first-order valence-corrected chi connectivity index (χ1v) is 28.5. The molecule has 25 nitrogen and oxygen atoms in total. The first kappa shape index (κ1) is 72.8. The molecule has 84 heavy (non-hydrogen) atoms. The number of ether oxygens (including phenoxy) is 16. The molecule has 25 heteroatoms. The first-order chi connectivity index (χ1) is 41.0. The van der Waals surface area contributed by atoms with Gasteiger partial charge in [0.1, 0.15) is 6.10 Å². The molecule has 0 aromatic heterocycles. The Bertz CT molecular complexity index is 2180. The highest BCUT2D eigenvalue weighted by Crippen LogP contribution is 2.28. The maximum Gasteiger partial charge on any atom is 0.220 e. The molecule has 0 spiro atoms. The summed E-state index contributed by atoms with van der Waals surface area (Å²) in [5.41, 5.74) is 8.66. The summed E-state index contributed by atoms with van der Waals surface area (Å²) in [6.07, 6.45) is 1.98. The second-order valence-electron chi connectivity index (χ2n) is 18.5. The molecule has 2 atom stereocenters. The lowest BCUT2D eigenvalue weighted by Gasteiger charge is -2.18. The van der Waals surface area contributed by atoms with Crippen LogP contribution in [0.1, 0.15) is 36.0 Å². The number of hydrogen-bond acceptors (Lipinski definition) is 23. The van der Waals surface area contributed by atoms with Gasteiger partial charge >= 0.3 is 0 Å². The van der Waals surface area contributed by atoms with Crippen molar-refractivity contribution < 1.29 is 105 Å². The van der Waals surface area contributed by atoms with E-state index in [-0.39, 0.29) is 73.8 Å². The Morgan fingerprint density at radius 1 is 0.393 bits per heavy atom. The maximum atomic E-state index is 12.5. The van der Waals surface area contributed by atoms with Gasteiger partial charge in [-0.2, -0.15) is 0 Å². The van der Waals surface area contributed by atoms with Crippen LogP contribution in [0.2, 0.25) is 0 Å². The van der Waals surface area contributed by atoms with Crippen molar-refractivity contribution in [2.75, 3.05) is 200 Å². The van der Waals surface area contributed by atoms with Gasteiger partial charge < -0.3 is 107 Å².